The Hall–Kier alpha value is -1.77. The van der Waals surface area contributed by atoms with E-state index in [0.717, 1.165) is 11.6 Å². The van der Waals surface area contributed by atoms with Crippen molar-refractivity contribution in [3.8, 4) is 5.88 Å². The number of aromatic hydroxyl groups is 1. The van der Waals surface area contributed by atoms with Crippen molar-refractivity contribution >= 4 is 24.7 Å². The molecule has 3 rings (SSSR count). The fraction of sp³-hybridized carbons (Fsp3) is 0.529. The monoisotopic (exact) mass is 365 g/mol. The van der Waals surface area contributed by atoms with Crippen LogP contribution >= 0.6 is 0 Å². The summed E-state index contributed by atoms with van der Waals surface area (Å²) in [5, 5.41) is 19.8. The van der Waals surface area contributed by atoms with Crippen LogP contribution in [0.2, 0.25) is 25.7 Å². The first-order valence-electron chi connectivity index (χ1n) is 8.47. The molecule has 2 aromatic rings. The SMILES string of the molecule is C[Si](C)(C)CCOCn1cc(F)c2c(O)nc(C3=CC(O)CC3)nc21. The number of allylic oxidation sites excluding steroid dienone is 1. The van der Waals surface area contributed by atoms with Crippen LogP contribution in [0.5, 0.6) is 5.88 Å². The molecule has 8 heteroatoms. The minimum atomic E-state index is -1.19. The number of aliphatic hydroxyl groups excluding tert-OH is 1. The lowest BCUT2D eigenvalue weighted by molar-refractivity contribution is 0.0895. The molecule has 0 amide bonds. The fourth-order valence-corrected chi connectivity index (χ4v) is 3.55. The molecule has 0 saturated carbocycles. The highest BCUT2D eigenvalue weighted by Gasteiger charge is 2.22. The van der Waals surface area contributed by atoms with Crippen LogP contribution in [0.15, 0.2) is 12.3 Å². The number of nitrogens with zero attached hydrogens (tertiary/aromatic N) is 3. The number of hydrogen-bond acceptors (Lipinski definition) is 5. The Kier molecular flexibility index (Phi) is 4.94. The standard InChI is InChI=1S/C17H24FN3O3Si/c1-25(2,3)7-6-24-10-21-9-13(18)14-16(21)19-15(20-17(14)23)11-4-5-12(22)8-11/h8-9,12,22H,4-7,10H2,1-3H3,(H,19,20,23). The van der Waals surface area contributed by atoms with Crippen LogP contribution in [0.3, 0.4) is 0 Å². The highest BCUT2D eigenvalue weighted by molar-refractivity contribution is 6.76. The molecule has 1 atom stereocenters. The Bertz CT molecular complexity index is 814. The second kappa shape index (κ2) is 6.85. The maximum absolute atomic E-state index is 14.2. The number of halogens is 1. The topological polar surface area (TPSA) is 80.4 Å². The molecular weight excluding hydrogens is 341 g/mol. The third kappa shape index (κ3) is 4.08. The first kappa shape index (κ1) is 18.0. The van der Waals surface area contributed by atoms with Crippen molar-refractivity contribution in [2.75, 3.05) is 6.61 Å². The minimum absolute atomic E-state index is 0.00306. The predicted molar refractivity (Wildman–Crippen MR) is 96.5 cm³/mol. The highest BCUT2D eigenvalue weighted by atomic mass is 28.3. The van der Waals surface area contributed by atoms with E-state index in [0.29, 0.717) is 30.9 Å². The number of hydrogen-bond donors (Lipinski definition) is 2. The van der Waals surface area contributed by atoms with E-state index in [2.05, 4.69) is 29.6 Å². The lowest BCUT2D eigenvalue weighted by Crippen LogP contribution is -2.22. The third-order valence-electron chi connectivity index (χ3n) is 4.27. The second-order valence-electron chi connectivity index (χ2n) is 7.66. The number of fused-ring (bicyclic) bond motifs is 1. The van der Waals surface area contributed by atoms with E-state index in [4.69, 9.17) is 4.74 Å². The first-order valence-corrected chi connectivity index (χ1v) is 12.2. The fourth-order valence-electron chi connectivity index (χ4n) is 2.79. The van der Waals surface area contributed by atoms with E-state index in [1.807, 2.05) is 0 Å². The van der Waals surface area contributed by atoms with Crippen molar-refractivity contribution in [2.24, 2.45) is 0 Å². The molecule has 0 saturated heterocycles. The smallest absolute Gasteiger partial charge is 0.227 e. The van der Waals surface area contributed by atoms with Gasteiger partial charge in [0.15, 0.2) is 17.3 Å². The molecule has 6 nitrogen and oxygen atoms in total. The van der Waals surface area contributed by atoms with Crippen molar-refractivity contribution < 1.29 is 19.3 Å². The summed E-state index contributed by atoms with van der Waals surface area (Å²) in [5.74, 6) is -0.642. The molecule has 0 spiro atoms. The summed E-state index contributed by atoms with van der Waals surface area (Å²) in [7, 11) is -1.19. The van der Waals surface area contributed by atoms with E-state index in [1.165, 1.54) is 6.20 Å². The van der Waals surface area contributed by atoms with Crippen LogP contribution in [0.4, 0.5) is 4.39 Å². The largest absolute Gasteiger partial charge is 0.493 e. The van der Waals surface area contributed by atoms with Crippen molar-refractivity contribution in [1.29, 1.82) is 0 Å². The average Bonchev–Trinajstić information content (AvgIpc) is 3.07. The van der Waals surface area contributed by atoms with Gasteiger partial charge in [-0.05, 0) is 30.5 Å². The molecule has 0 fully saturated rings. The zero-order valence-corrected chi connectivity index (χ0v) is 15.8. The van der Waals surface area contributed by atoms with Gasteiger partial charge in [0.25, 0.3) is 0 Å². The van der Waals surface area contributed by atoms with Gasteiger partial charge in [-0.3, -0.25) is 0 Å². The van der Waals surface area contributed by atoms with E-state index in [1.54, 1.807) is 10.6 Å². The molecule has 2 N–H and O–H groups in total. The lowest BCUT2D eigenvalue weighted by Gasteiger charge is -2.15. The van der Waals surface area contributed by atoms with E-state index < -0.39 is 20.0 Å². The van der Waals surface area contributed by atoms with Gasteiger partial charge in [0.2, 0.25) is 5.88 Å². The van der Waals surface area contributed by atoms with Crippen molar-refractivity contribution in [1.82, 2.24) is 14.5 Å². The molecular formula is C17H24FN3O3Si. The Balaban J connectivity index is 1.86. The quantitative estimate of drug-likeness (QED) is 0.607. The number of aliphatic hydroxyl groups is 1. The number of aromatic nitrogens is 3. The normalized spacial score (nSPS) is 18.1. The van der Waals surface area contributed by atoms with E-state index in [9.17, 15) is 14.6 Å². The first-order chi connectivity index (χ1) is 11.7. The van der Waals surface area contributed by atoms with Gasteiger partial charge in [0, 0.05) is 20.9 Å². The summed E-state index contributed by atoms with van der Waals surface area (Å²) >= 11 is 0. The second-order valence-corrected chi connectivity index (χ2v) is 13.3. The summed E-state index contributed by atoms with van der Waals surface area (Å²) in [5.41, 5.74) is 1.06. The summed E-state index contributed by atoms with van der Waals surface area (Å²) in [4.78, 5) is 8.40. The van der Waals surface area contributed by atoms with Crippen LogP contribution in [-0.2, 0) is 11.5 Å². The van der Waals surface area contributed by atoms with Crippen molar-refractivity contribution in [3.63, 3.8) is 0 Å². The van der Waals surface area contributed by atoms with Crippen LogP contribution in [0.25, 0.3) is 16.6 Å². The van der Waals surface area contributed by atoms with Crippen molar-refractivity contribution in [2.45, 2.75) is 51.4 Å². The van der Waals surface area contributed by atoms with Gasteiger partial charge in [0.05, 0.1) is 6.10 Å². The van der Waals surface area contributed by atoms with Gasteiger partial charge in [-0.25, -0.2) is 9.37 Å². The molecule has 0 radical (unpaired) electrons. The Morgan fingerprint density at radius 3 is 2.76 bits per heavy atom. The zero-order valence-electron chi connectivity index (χ0n) is 14.8. The van der Waals surface area contributed by atoms with E-state index in [-0.39, 0.29) is 18.0 Å². The van der Waals surface area contributed by atoms with Crippen LogP contribution < -0.4 is 0 Å². The van der Waals surface area contributed by atoms with Gasteiger partial charge in [0.1, 0.15) is 12.1 Å². The third-order valence-corrected chi connectivity index (χ3v) is 5.97. The summed E-state index contributed by atoms with van der Waals surface area (Å²) < 4.78 is 21.4. The van der Waals surface area contributed by atoms with Gasteiger partial charge in [-0.1, -0.05) is 19.6 Å². The van der Waals surface area contributed by atoms with Gasteiger partial charge in [-0.2, -0.15) is 4.98 Å². The number of rotatable bonds is 6. The Morgan fingerprint density at radius 2 is 2.12 bits per heavy atom. The molecule has 136 valence electrons. The maximum atomic E-state index is 14.2. The lowest BCUT2D eigenvalue weighted by atomic mass is 10.2. The summed E-state index contributed by atoms with van der Waals surface area (Å²) in [6, 6.07) is 1.02. The van der Waals surface area contributed by atoms with Gasteiger partial charge >= 0.3 is 0 Å². The summed E-state index contributed by atoms with van der Waals surface area (Å²) in [6.45, 7) is 7.58. The molecule has 1 unspecified atom stereocenters. The van der Waals surface area contributed by atoms with Crippen molar-refractivity contribution in [3.05, 3.63) is 23.9 Å². The number of ether oxygens (including phenoxy) is 1. The molecule has 2 aromatic heterocycles. The molecule has 0 aromatic carbocycles. The van der Waals surface area contributed by atoms with Crippen LogP contribution in [-0.4, -0.2) is 45.5 Å². The molecule has 0 aliphatic heterocycles. The minimum Gasteiger partial charge on any atom is -0.493 e. The zero-order chi connectivity index (χ0) is 18.2. The van der Waals surface area contributed by atoms with Crippen LogP contribution in [0, 0.1) is 5.82 Å². The molecule has 25 heavy (non-hydrogen) atoms. The molecule has 1 aliphatic carbocycles. The van der Waals surface area contributed by atoms with E-state index >= 15 is 0 Å². The van der Waals surface area contributed by atoms with Crippen LogP contribution in [0.1, 0.15) is 18.7 Å². The van der Waals surface area contributed by atoms with Gasteiger partial charge < -0.3 is 19.5 Å². The molecule has 2 heterocycles. The average molecular weight is 365 g/mol. The Morgan fingerprint density at radius 1 is 1.36 bits per heavy atom. The maximum Gasteiger partial charge on any atom is 0.227 e. The molecule has 0 bridgehead atoms. The molecule has 1 aliphatic rings. The Labute approximate surface area is 147 Å². The highest BCUT2D eigenvalue weighted by Crippen LogP contribution is 2.31. The van der Waals surface area contributed by atoms with Gasteiger partial charge in [-0.15, -0.1) is 0 Å². The predicted octanol–water partition coefficient (Wildman–Crippen LogP) is 3.13. The summed E-state index contributed by atoms with van der Waals surface area (Å²) in [6.07, 6.45) is 3.66.